The molecule has 258 valence electrons. The molecule has 0 N–H and O–H groups in total. The summed E-state index contributed by atoms with van der Waals surface area (Å²) in [5, 5.41) is 1.19. The minimum absolute atomic E-state index is 0.00224. The Hall–Kier alpha value is -3.30. The van der Waals surface area contributed by atoms with E-state index < -0.39 is 5.82 Å². The zero-order chi connectivity index (χ0) is 33.9. The number of nitrogens with zero attached hydrogens (tertiary/aromatic N) is 6. The number of aromatic nitrogens is 2. The molecule has 2 aromatic heterocycles. The number of benzene rings is 1. The number of rotatable bonds is 9. The lowest BCUT2D eigenvalue weighted by Crippen LogP contribution is -2.52. The van der Waals surface area contributed by atoms with Crippen LogP contribution in [0.25, 0.3) is 16.6 Å². The van der Waals surface area contributed by atoms with Gasteiger partial charge in [-0.2, -0.15) is 0 Å². The molecule has 8 nitrogen and oxygen atoms in total. The molecule has 4 atom stereocenters. The quantitative estimate of drug-likeness (QED) is 0.292. The number of carbonyl (C=O) groups excluding carboxylic acids is 2. The molecule has 0 spiro atoms. The highest BCUT2D eigenvalue weighted by Crippen LogP contribution is 2.43. The zero-order valence-corrected chi connectivity index (χ0v) is 29.7. The van der Waals surface area contributed by atoms with Crippen LogP contribution in [0.2, 0.25) is 0 Å². The van der Waals surface area contributed by atoms with E-state index in [4.69, 9.17) is 0 Å². The van der Waals surface area contributed by atoms with E-state index in [2.05, 4.69) is 44.3 Å². The molecule has 7 rings (SSSR count). The highest BCUT2D eigenvalue weighted by molar-refractivity contribution is 5.99. The smallest absolute Gasteiger partial charge is 0.256 e. The van der Waals surface area contributed by atoms with E-state index >= 15 is 0 Å². The van der Waals surface area contributed by atoms with E-state index in [1.165, 1.54) is 61.9 Å². The van der Waals surface area contributed by atoms with Gasteiger partial charge in [0.25, 0.3) is 5.91 Å². The molecule has 1 aliphatic carbocycles. The summed E-state index contributed by atoms with van der Waals surface area (Å²) in [5.74, 6) is 2.28. The second-order valence-electron chi connectivity index (χ2n) is 15.7. The largest absolute Gasteiger partial charge is 0.342 e. The lowest BCUT2D eigenvalue weighted by Gasteiger charge is -2.47. The van der Waals surface area contributed by atoms with Crippen LogP contribution >= 0.6 is 0 Å². The van der Waals surface area contributed by atoms with Crippen molar-refractivity contribution in [3.8, 4) is 5.69 Å². The fraction of sp³-hybridized carbons (Fsp3) is 0.615. The maximum absolute atomic E-state index is 14.5. The average Bonchev–Trinajstić information content (AvgIpc) is 3.82. The van der Waals surface area contributed by atoms with E-state index in [9.17, 15) is 14.0 Å². The summed E-state index contributed by atoms with van der Waals surface area (Å²) in [7, 11) is 1.77. The van der Waals surface area contributed by atoms with Crippen LogP contribution in [-0.4, -0.2) is 105 Å². The summed E-state index contributed by atoms with van der Waals surface area (Å²) in [6.07, 6.45) is 11.9. The number of likely N-dealkylation sites (tertiary alicyclic amines) is 3. The molecule has 3 aliphatic heterocycles. The van der Waals surface area contributed by atoms with E-state index in [-0.39, 0.29) is 17.9 Å². The van der Waals surface area contributed by atoms with Crippen molar-refractivity contribution in [2.75, 3.05) is 46.3 Å². The molecule has 1 aromatic carbocycles. The molecule has 3 aromatic rings. The average molecular weight is 657 g/mol. The Morgan fingerprint density at radius 1 is 1.06 bits per heavy atom. The maximum Gasteiger partial charge on any atom is 0.256 e. The number of amides is 2. The third kappa shape index (κ3) is 6.06. The van der Waals surface area contributed by atoms with Crippen LogP contribution in [0.15, 0.2) is 36.8 Å². The van der Waals surface area contributed by atoms with Crippen LogP contribution in [0, 0.1) is 36.4 Å². The minimum atomic E-state index is -0.413. The molecule has 48 heavy (non-hydrogen) atoms. The number of carbonyl (C=O) groups is 2. The van der Waals surface area contributed by atoms with Gasteiger partial charge in [-0.25, -0.2) is 4.39 Å². The SMILES string of the molecule is CCC(C1CC(N2C[C@H]3CN(C(C)=O)C[C@@H]3C2)C1)N1CC[C@H](Cc2cn(-c3ccc(F)cc3C(=O)N(C)C(C)C)c3cncc(C)c23)C1. The van der Waals surface area contributed by atoms with Crippen LogP contribution in [0.3, 0.4) is 0 Å². The number of halogens is 1. The highest BCUT2D eigenvalue weighted by Gasteiger charge is 2.47. The van der Waals surface area contributed by atoms with Crippen molar-refractivity contribution in [1.29, 1.82) is 0 Å². The van der Waals surface area contributed by atoms with Crippen molar-refractivity contribution < 1.29 is 14.0 Å². The third-order valence-electron chi connectivity index (χ3n) is 12.4. The van der Waals surface area contributed by atoms with E-state index in [0.29, 0.717) is 41.1 Å². The summed E-state index contributed by atoms with van der Waals surface area (Å²) in [4.78, 5) is 39.1. The molecule has 0 bridgehead atoms. The second kappa shape index (κ2) is 13.2. The fourth-order valence-corrected chi connectivity index (χ4v) is 9.47. The first-order valence-electron chi connectivity index (χ1n) is 18.3. The first-order chi connectivity index (χ1) is 23.0. The molecular weight excluding hydrogens is 603 g/mol. The van der Waals surface area contributed by atoms with Gasteiger partial charge < -0.3 is 14.4 Å². The zero-order valence-electron chi connectivity index (χ0n) is 29.7. The molecule has 9 heteroatoms. The third-order valence-corrected chi connectivity index (χ3v) is 12.4. The van der Waals surface area contributed by atoms with Crippen LogP contribution < -0.4 is 0 Å². The van der Waals surface area contributed by atoms with Crippen molar-refractivity contribution in [3.63, 3.8) is 0 Å². The Morgan fingerprint density at radius 3 is 2.46 bits per heavy atom. The van der Waals surface area contributed by atoms with Gasteiger partial charge in [-0.1, -0.05) is 6.92 Å². The van der Waals surface area contributed by atoms with Crippen LogP contribution in [0.5, 0.6) is 0 Å². The monoisotopic (exact) mass is 656 g/mol. The molecule has 4 aliphatic rings. The lowest BCUT2D eigenvalue weighted by atomic mass is 9.73. The first kappa shape index (κ1) is 33.2. The van der Waals surface area contributed by atoms with Crippen LogP contribution in [-0.2, 0) is 11.2 Å². The summed E-state index contributed by atoms with van der Waals surface area (Å²) in [5.41, 5.74) is 4.41. The summed E-state index contributed by atoms with van der Waals surface area (Å²) >= 11 is 0. The van der Waals surface area contributed by atoms with Gasteiger partial charge >= 0.3 is 0 Å². The van der Waals surface area contributed by atoms with Gasteiger partial charge in [0.15, 0.2) is 0 Å². The van der Waals surface area contributed by atoms with Crippen molar-refractivity contribution >= 4 is 22.7 Å². The predicted molar refractivity (Wildman–Crippen MR) is 188 cm³/mol. The molecule has 2 amide bonds. The molecule has 4 fully saturated rings. The van der Waals surface area contributed by atoms with Crippen molar-refractivity contribution in [3.05, 3.63) is 59.3 Å². The molecule has 3 saturated heterocycles. The molecule has 0 radical (unpaired) electrons. The summed E-state index contributed by atoms with van der Waals surface area (Å²) in [6.45, 7) is 16.6. The molecular formula is C39H53FN6O2. The Balaban J connectivity index is 1.04. The van der Waals surface area contributed by atoms with Crippen LogP contribution in [0.1, 0.15) is 74.9 Å². The fourth-order valence-electron chi connectivity index (χ4n) is 9.47. The first-order valence-corrected chi connectivity index (χ1v) is 18.3. The van der Waals surface area contributed by atoms with Crippen molar-refractivity contribution in [2.24, 2.45) is 23.7 Å². The summed E-state index contributed by atoms with van der Waals surface area (Å²) < 4.78 is 16.6. The molecule has 5 heterocycles. The Kier molecular flexibility index (Phi) is 9.13. The van der Waals surface area contributed by atoms with Gasteiger partial charge in [0.1, 0.15) is 5.82 Å². The van der Waals surface area contributed by atoms with Gasteiger partial charge in [-0.05, 0) is 112 Å². The predicted octanol–water partition coefficient (Wildman–Crippen LogP) is 5.79. The normalized spacial score (nSPS) is 26.8. The molecule has 1 saturated carbocycles. The van der Waals surface area contributed by atoms with Gasteiger partial charge in [-0.15, -0.1) is 0 Å². The number of hydrogen-bond acceptors (Lipinski definition) is 5. The maximum atomic E-state index is 14.5. The van der Waals surface area contributed by atoms with E-state index in [1.54, 1.807) is 24.9 Å². The van der Waals surface area contributed by atoms with E-state index in [0.717, 1.165) is 49.6 Å². The Morgan fingerprint density at radius 2 is 1.79 bits per heavy atom. The standard InChI is InChI=1S/C39H53FN6O2/c1-7-35(28-13-33(14-28)45-21-30-19-44(26(5)47)20-31(30)22-45)43-11-10-27(18-43)12-29-23-46(37-17-41-16-25(4)38(29)37)36-9-8-32(40)15-34(36)39(48)42(6)24(2)3/h8-9,15-17,23-24,27-28,30-31,33,35H,7,10-14,18-22H2,1-6H3/t27-,28?,30-,31-,33?,35?/m1/s1. The Labute approximate surface area is 285 Å². The topological polar surface area (TPSA) is 64.9 Å². The number of pyridine rings is 1. The second-order valence-corrected chi connectivity index (χ2v) is 15.7. The van der Waals surface area contributed by atoms with Gasteiger partial charge in [0.2, 0.25) is 5.91 Å². The summed E-state index contributed by atoms with van der Waals surface area (Å²) in [6, 6.07) is 5.89. The number of fused-ring (bicyclic) bond motifs is 2. The van der Waals surface area contributed by atoms with Crippen LogP contribution in [0.4, 0.5) is 4.39 Å². The number of aryl methyl sites for hydroxylation is 1. The van der Waals surface area contributed by atoms with E-state index in [1.807, 2.05) is 26.2 Å². The van der Waals surface area contributed by atoms with Gasteiger partial charge in [0, 0.05) is 82.6 Å². The lowest BCUT2D eigenvalue weighted by molar-refractivity contribution is -0.128. The number of hydrogen-bond donors (Lipinski definition) is 0. The Bertz CT molecular complexity index is 1670. The van der Waals surface area contributed by atoms with Gasteiger partial charge in [-0.3, -0.25) is 24.4 Å². The van der Waals surface area contributed by atoms with Gasteiger partial charge in [0.05, 0.1) is 23.0 Å². The molecule has 1 unspecified atom stereocenters. The van der Waals surface area contributed by atoms with Crippen molar-refractivity contribution in [1.82, 2.24) is 29.2 Å². The van der Waals surface area contributed by atoms with Crippen molar-refractivity contribution in [2.45, 2.75) is 84.8 Å². The minimum Gasteiger partial charge on any atom is -0.342 e. The highest BCUT2D eigenvalue weighted by atomic mass is 19.1.